The van der Waals surface area contributed by atoms with E-state index in [4.69, 9.17) is 14.2 Å². The Morgan fingerprint density at radius 1 is 1.07 bits per heavy atom. The van der Waals surface area contributed by atoms with Gasteiger partial charge in [-0.3, -0.25) is 4.79 Å². The minimum Gasteiger partial charge on any atom is -0.454 e. The van der Waals surface area contributed by atoms with Crippen molar-refractivity contribution in [2.75, 3.05) is 19.9 Å². The molecule has 2 aromatic carbocycles. The Hall–Kier alpha value is -3.28. The average Bonchev–Trinajstić information content (AvgIpc) is 3.20. The molecule has 6 nitrogen and oxygen atoms in total. The molecule has 0 N–H and O–H groups in total. The highest BCUT2D eigenvalue weighted by Gasteiger charge is 2.27. The molecule has 1 heterocycles. The Bertz CT molecular complexity index is 858. The van der Waals surface area contributed by atoms with Crippen LogP contribution in [0.4, 0.5) is 0 Å². The van der Waals surface area contributed by atoms with E-state index in [1.54, 1.807) is 35.2 Å². The van der Waals surface area contributed by atoms with Gasteiger partial charge in [0.25, 0.3) is 5.91 Å². The molecule has 0 saturated heterocycles. The van der Waals surface area contributed by atoms with Gasteiger partial charge < -0.3 is 19.1 Å². The first-order chi connectivity index (χ1) is 13.6. The van der Waals surface area contributed by atoms with Gasteiger partial charge in [0.15, 0.2) is 11.5 Å². The molecule has 146 valence electrons. The number of fused-ring (bicyclic) bond motifs is 1. The van der Waals surface area contributed by atoms with E-state index in [2.05, 4.69) is 0 Å². The van der Waals surface area contributed by atoms with Crippen molar-refractivity contribution in [3.8, 4) is 11.5 Å². The third-order valence-corrected chi connectivity index (χ3v) is 4.44. The summed E-state index contributed by atoms with van der Waals surface area (Å²) in [6.45, 7) is 5.07. The van der Waals surface area contributed by atoms with Gasteiger partial charge in [-0.25, -0.2) is 4.79 Å². The highest BCUT2D eigenvalue weighted by atomic mass is 16.7. The quantitative estimate of drug-likeness (QED) is 0.542. The summed E-state index contributed by atoms with van der Waals surface area (Å²) in [5.74, 6) is 0.483. The SMILES string of the molecule is CCN(CC)C(=O)[C@H](OC(=O)/C=C/c1ccc2c(c1)OCO2)c1ccccc1. The molecule has 3 rings (SSSR count). The molecule has 0 radical (unpaired) electrons. The zero-order valence-corrected chi connectivity index (χ0v) is 16.0. The number of ether oxygens (including phenoxy) is 3. The number of rotatable bonds is 7. The molecule has 6 heteroatoms. The number of amides is 1. The Morgan fingerprint density at radius 2 is 1.79 bits per heavy atom. The summed E-state index contributed by atoms with van der Waals surface area (Å²) in [5, 5.41) is 0. The van der Waals surface area contributed by atoms with Gasteiger partial charge in [0, 0.05) is 24.7 Å². The van der Waals surface area contributed by atoms with Gasteiger partial charge in [-0.1, -0.05) is 36.4 Å². The average molecular weight is 381 g/mol. The first-order valence-corrected chi connectivity index (χ1v) is 9.24. The molecular formula is C22H23NO5. The van der Waals surface area contributed by atoms with Crippen LogP contribution in [0.15, 0.2) is 54.6 Å². The molecule has 0 bridgehead atoms. The summed E-state index contributed by atoms with van der Waals surface area (Å²) >= 11 is 0. The first kappa shape index (κ1) is 19.5. The number of esters is 1. The van der Waals surface area contributed by atoms with Crippen molar-refractivity contribution in [2.45, 2.75) is 20.0 Å². The Morgan fingerprint density at radius 3 is 2.50 bits per heavy atom. The van der Waals surface area contributed by atoms with Crippen molar-refractivity contribution in [1.29, 1.82) is 0 Å². The number of benzene rings is 2. The lowest BCUT2D eigenvalue weighted by atomic mass is 10.1. The molecule has 2 aromatic rings. The van der Waals surface area contributed by atoms with Gasteiger partial charge in [0.05, 0.1) is 0 Å². The van der Waals surface area contributed by atoms with Crippen LogP contribution in [0, 0.1) is 0 Å². The molecular weight excluding hydrogens is 358 g/mol. The highest BCUT2D eigenvalue weighted by Crippen LogP contribution is 2.32. The summed E-state index contributed by atoms with van der Waals surface area (Å²) < 4.78 is 16.1. The first-order valence-electron chi connectivity index (χ1n) is 9.24. The number of hydrogen-bond acceptors (Lipinski definition) is 5. The topological polar surface area (TPSA) is 65.1 Å². The monoisotopic (exact) mass is 381 g/mol. The second-order valence-electron chi connectivity index (χ2n) is 6.18. The predicted octanol–water partition coefficient (Wildman–Crippen LogP) is 3.58. The smallest absolute Gasteiger partial charge is 0.331 e. The van der Waals surface area contributed by atoms with Crippen LogP contribution in [-0.2, 0) is 14.3 Å². The van der Waals surface area contributed by atoms with Crippen LogP contribution in [0.3, 0.4) is 0 Å². The normalized spacial score (nSPS) is 13.4. The molecule has 0 fully saturated rings. The fourth-order valence-electron chi connectivity index (χ4n) is 2.93. The zero-order valence-electron chi connectivity index (χ0n) is 16.0. The number of hydrogen-bond donors (Lipinski definition) is 0. The summed E-state index contributed by atoms with van der Waals surface area (Å²) in [6, 6.07) is 14.4. The largest absolute Gasteiger partial charge is 0.454 e. The van der Waals surface area contributed by atoms with E-state index in [9.17, 15) is 9.59 Å². The van der Waals surface area contributed by atoms with Gasteiger partial charge >= 0.3 is 5.97 Å². The van der Waals surface area contributed by atoms with Crippen molar-refractivity contribution in [2.24, 2.45) is 0 Å². The number of nitrogens with zero attached hydrogens (tertiary/aromatic N) is 1. The Kier molecular flexibility index (Phi) is 6.32. The van der Waals surface area contributed by atoms with Crippen LogP contribution in [0.25, 0.3) is 6.08 Å². The van der Waals surface area contributed by atoms with Crippen molar-refractivity contribution >= 4 is 18.0 Å². The Labute approximate surface area is 164 Å². The van der Waals surface area contributed by atoms with Crippen LogP contribution in [0.2, 0.25) is 0 Å². The van der Waals surface area contributed by atoms with Gasteiger partial charge in [0.1, 0.15) is 0 Å². The van der Waals surface area contributed by atoms with E-state index < -0.39 is 12.1 Å². The summed E-state index contributed by atoms with van der Waals surface area (Å²) in [7, 11) is 0. The van der Waals surface area contributed by atoms with Crippen LogP contribution in [0.5, 0.6) is 11.5 Å². The van der Waals surface area contributed by atoms with Crippen molar-refractivity contribution < 1.29 is 23.8 Å². The van der Waals surface area contributed by atoms with Crippen molar-refractivity contribution in [3.63, 3.8) is 0 Å². The molecule has 0 saturated carbocycles. The lowest BCUT2D eigenvalue weighted by molar-refractivity contribution is -0.157. The van der Waals surface area contributed by atoms with E-state index in [0.29, 0.717) is 30.2 Å². The number of carbonyl (C=O) groups is 2. The second kappa shape index (κ2) is 9.08. The number of likely N-dealkylation sites (N-methyl/N-ethyl adjacent to an activating group) is 1. The van der Waals surface area contributed by atoms with Crippen molar-refractivity contribution in [3.05, 3.63) is 65.7 Å². The lowest BCUT2D eigenvalue weighted by Gasteiger charge is -2.25. The minimum absolute atomic E-state index is 0.191. The molecule has 28 heavy (non-hydrogen) atoms. The van der Waals surface area contributed by atoms with E-state index in [-0.39, 0.29) is 12.7 Å². The highest BCUT2D eigenvalue weighted by molar-refractivity contribution is 5.91. The molecule has 0 spiro atoms. The van der Waals surface area contributed by atoms with Gasteiger partial charge in [-0.15, -0.1) is 0 Å². The van der Waals surface area contributed by atoms with Gasteiger partial charge in [-0.05, 0) is 37.6 Å². The van der Waals surface area contributed by atoms with Gasteiger partial charge in [-0.2, -0.15) is 0 Å². The minimum atomic E-state index is -0.977. The van der Waals surface area contributed by atoms with Crippen LogP contribution >= 0.6 is 0 Å². The van der Waals surface area contributed by atoms with E-state index in [1.165, 1.54) is 6.08 Å². The van der Waals surface area contributed by atoms with Crippen LogP contribution in [-0.4, -0.2) is 36.7 Å². The zero-order chi connectivity index (χ0) is 19.9. The fraction of sp³-hybridized carbons (Fsp3) is 0.273. The van der Waals surface area contributed by atoms with E-state index >= 15 is 0 Å². The summed E-state index contributed by atoms with van der Waals surface area (Å²) in [6.07, 6.45) is 1.95. The maximum atomic E-state index is 12.8. The molecule has 1 aliphatic rings. The summed E-state index contributed by atoms with van der Waals surface area (Å²) in [5.41, 5.74) is 1.41. The van der Waals surface area contributed by atoms with Gasteiger partial charge in [0.2, 0.25) is 12.9 Å². The molecule has 1 atom stereocenters. The Balaban J connectivity index is 1.74. The third-order valence-electron chi connectivity index (χ3n) is 4.44. The molecule has 1 aliphatic heterocycles. The molecule has 0 unspecified atom stereocenters. The fourth-order valence-corrected chi connectivity index (χ4v) is 2.93. The molecule has 1 amide bonds. The maximum absolute atomic E-state index is 12.8. The van der Waals surface area contributed by atoms with Crippen molar-refractivity contribution in [1.82, 2.24) is 4.90 Å². The molecule has 0 aliphatic carbocycles. The maximum Gasteiger partial charge on any atom is 0.331 e. The predicted molar refractivity (Wildman–Crippen MR) is 105 cm³/mol. The second-order valence-corrected chi connectivity index (χ2v) is 6.18. The van der Waals surface area contributed by atoms with Crippen LogP contribution < -0.4 is 9.47 Å². The van der Waals surface area contributed by atoms with Crippen LogP contribution in [0.1, 0.15) is 31.1 Å². The standard InChI is InChI=1S/C22H23NO5/c1-3-23(4-2)22(25)21(17-8-6-5-7-9-17)28-20(24)13-11-16-10-12-18-19(14-16)27-15-26-18/h5-14,21H,3-4,15H2,1-2H3/b13-11+/t21-/m1/s1. The lowest BCUT2D eigenvalue weighted by Crippen LogP contribution is -2.36. The third kappa shape index (κ3) is 4.52. The summed E-state index contributed by atoms with van der Waals surface area (Å²) in [4.78, 5) is 26.9. The number of carbonyl (C=O) groups excluding carboxylic acids is 2. The van der Waals surface area contributed by atoms with E-state index in [0.717, 1.165) is 5.56 Å². The molecule has 0 aromatic heterocycles. The van der Waals surface area contributed by atoms with E-state index in [1.807, 2.05) is 38.1 Å².